The SMILES string of the molecule is CCOC(=O)NCc1cc(C)ccn1. The zero-order valence-corrected chi connectivity index (χ0v) is 8.41. The van der Waals surface area contributed by atoms with Gasteiger partial charge in [-0.2, -0.15) is 0 Å². The molecule has 4 heteroatoms. The van der Waals surface area contributed by atoms with E-state index in [2.05, 4.69) is 10.3 Å². The molecule has 76 valence electrons. The minimum Gasteiger partial charge on any atom is -0.450 e. The van der Waals surface area contributed by atoms with Crippen LogP contribution in [0.25, 0.3) is 0 Å². The molecule has 1 N–H and O–H groups in total. The predicted molar refractivity (Wildman–Crippen MR) is 52.8 cm³/mol. The van der Waals surface area contributed by atoms with Gasteiger partial charge in [0.1, 0.15) is 0 Å². The number of carbonyl (C=O) groups excluding carboxylic acids is 1. The van der Waals surface area contributed by atoms with Crippen LogP contribution in [0.4, 0.5) is 4.79 Å². The molecular weight excluding hydrogens is 180 g/mol. The van der Waals surface area contributed by atoms with Gasteiger partial charge in [0.25, 0.3) is 0 Å². The van der Waals surface area contributed by atoms with Crippen LogP contribution in [0.1, 0.15) is 18.2 Å². The van der Waals surface area contributed by atoms with E-state index in [0.717, 1.165) is 11.3 Å². The van der Waals surface area contributed by atoms with E-state index in [-0.39, 0.29) is 0 Å². The normalized spacial score (nSPS) is 9.57. The second kappa shape index (κ2) is 5.21. The number of nitrogens with zero attached hydrogens (tertiary/aromatic N) is 1. The molecule has 1 rings (SSSR count). The molecule has 0 atom stereocenters. The number of carbonyl (C=O) groups is 1. The molecule has 0 aliphatic rings. The van der Waals surface area contributed by atoms with Crippen molar-refractivity contribution in [2.75, 3.05) is 6.61 Å². The van der Waals surface area contributed by atoms with E-state index in [1.54, 1.807) is 13.1 Å². The van der Waals surface area contributed by atoms with Crippen molar-refractivity contribution in [3.8, 4) is 0 Å². The van der Waals surface area contributed by atoms with Crippen LogP contribution in [0.3, 0.4) is 0 Å². The summed E-state index contributed by atoms with van der Waals surface area (Å²) in [6.45, 7) is 4.54. The molecule has 0 saturated heterocycles. The van der Waals surface area contributed by atoms with Gasteiger partial charge in [-0.3, -0.25) is 4.98 Å². The molecule has 0 aromatic carbocycles. The molecule has 0 radical (unpaired) electrons. The van der Waals surface area contributed by atoms with Crippen LogP contribution in [-0.4, -0.2) is 17.7 Å². The number of amides is 1. The highest BCUT2D eigenvalue weighted by Crippen LogP contribution is 1.99. The van der Waals surface area contributed by atoms with E-state index in [1.165, 1.54) is 0 Å². The number of alkyl carbamates (subject to hydrolysis) is 1. The Bertz CT molecular complexity index is 313. The molecule has 1 amide bonds. The first-order valence-electron chi connectivity index (χ1n) is 4.54. The van der Waals surface area contributed by atoms with Gasteiger partial charge in [-0.1, -0.05) is 0 Å². The molecule has 0 unspecified atom stereocenters. The van der Waals surface area contributed by atoms with Crippen molar-refractivity contribution in [1.29, 1.82) is 0 Å². The molecular formula is C10H14N2O2. The van der Waals surface area contributed by atoms with Gasteiger partial charge >= 0.3 is 6.09 Å². The Labute approximate surface area is 83.3 Å². The predicted octanol–water partition coefficient (Wildman–Crippen LogP) is 1.64. The Morgan fingerprint density at radius 2 is 2.43 bits per heavy atom. The lowest BCUT2D eigenvalue weighted by Gasteiger charge is -2.04. The molecule has 14 heavy (non-hydrogen) atoms. The molecule has 0 aliphatic heterocycles. The molecule has 0 aliphatic carbocycles. The number of nitrogens with one attached hydrogen (secondary N) is 1. The molecule has 1 aromatic rings. The Kier molecular flexibility index (Phi) is 3.91. The number of rotatable bonds is 3. The van der Waals surface area contributed by atoms with Gasteiger partial charge in [-0.25, -0.2) is 4.79 Å². The Hall–Kier alpha value is -1.58. The van der Waals surface area contributed by atoms with Gasteiger partial charge in [-0.05, 0) is 31.5 Å². The van der Waals surface area contributed by atoms with Gasteiger partial charge in [0.05, 0.1) is 18.8 Å². The maximum atomic E-state index is 10.9. The van der Waals surface area contributed by atoms with Gasteiger partial charge in [0.2, 0.25) is 0 Å². The molecule has 0 fully saturated rings. The summed E-state index contributed by atoms with van der Waals surface area (Å²) in [5, 5.41) is 2.60. The van der Waals surface area contributed by atoms with Crippen LogP contribution < -0.4 is 5.32 Å². The minimum absolute atomic E-state index is 0.382. The smallest absolute Gasteiger partial charge is 0.407 e. The number of pyridine rings is 1. The Balaban J connectivity index is 2.41. The fourth-order valence-electron chi connectivity index (χ4n) is 1.04. The summed E-state index contributed by atoms with van der Waals surface area (Å²) >= 11 is 0. The first kappa shape index (κ1) is 10.5. The van der Waals surface area contributed by atoms with Crippen LogP contribution in [-0.2, 0) is 11.3 Å². The highest BCUT2D eigenvalue weighted by molar-refractivity contribution is 5.66. The topological polar surface area (TPSA) is 51.2 Å². The van der Waals surface area contributed by atoms with E-state index in [1.807, 2.05) is 19.1 Å². The van der Waals surface area contributed by atoms with Gasteiger partial charge < -0.3 is 10.1 Å². The van der Waals surface area contributed by atoms with Crippen LogP contribution in [0.15, 0.2) is 18.3 Å². The summed E-state index contributed by atoms with van der Waals surface area (Å²) in [5.41, 5.74) is 1.96. The molecule has 1 aromatic heterocycles. The summed E-state index contributed by atoms with van der Waals surface area (Å²) < 4.78 is 4.72. The average Bonchev–Trinajstić information content (AvgIpc) is 2.15. The fraction of sp³-hybridized carbons (Fsp3) is 0.400. The monoisotopic (exact) mass is 194 g/mol. The highest BCUT2D eigenvalue weighted by atomic mass is 16.5. The third-order valence-corrected chi connectivity index (χ3v) is 1.66. The largest absolute Gasteiger partial charge is 0.450 e. The molecule has 0 saturated carbocycles. The highest BCUT2D eigenvalue weighted by Gasteiger charge is 2.00. The van der Waals surface area contributed by atoms with Crippen LogP contribution in [0.2, 0.25) is 0 Å². The van der Waals surface area contributed by atoms with Crippen molar-refractivity contribution in [3.05, 3.63) is 29.6 Å². The second-order valence-electron chi connectivity index (χ2n) is 2.90. The van der Waals surface area contributed by atoms with Crippen LogP contribution >= 0.6 is 0 Å². The lowest BCUT2D eigenvalue weighted by molar-refractivity contribution is 0.151. The minimum atomic E-state index is -0.407. The maximum absolute atomic E-state index is 10.9. The van der Waals surface area contributed by atoms with Gasteiger partial charge in [0.15, 0.2) is 0 Å². The maximum Gasteiger partial charge on any atom is 0.407 e. The first-order chi connectivity index (χ1) is 6.72. The third kappa shape index (κ3) is 3.43. The Morgan fingerprint density at radius 3 is 3.07 bits per heavy atom. The van der Waals surface area contributed by atoms with Crippen molar-refractivity contribution in [1.82, 2.24) is 10.3 Å². The third-order valence-electron chi connectivity index (χ3n) is 1.66. The van der Waals surface area contributed by atoms with E-state index in [0.29, 0.717) is 13.2 Å². The molecule has 0 spiro atoms. The Morgan fingerprint density at radius 1 is 1.64 bits per heavy atom. The average molecular weight is 194 g/mol. The fourth-order valence-corrected chi connectivity index (χ4v) is 1.04. The van der Waals surface area contributed by atoms with Crippen LogP contribution in [0, 0.1) is 6.92 Å². The molecule has 0 bridgehead atoms. The summed E-state index contributed by atoms with van der Waals surface area (Å²) in [6.07, 6.45) is 1.31. The summed E-state index contributed by atoms with van der Waals surface area (Å²) in [6, 6.07) is 3.83. The standard InChI is InChI=1S/C10H14N2O2/c1-3-14-10(13)12-7-9-6-8(2)4-5-11-9/h4-6H,3,7H2,1-2H3,(H,12,13). The summed E-state index contributed by atoms with van der Waals surface area (Å²) in [7, 11) is 0. The zero-order valence-electron chi connectivity index (χ0n) is 8.41. The van der Waals surface area contributed by atoms with E-state index >= 15 is 0 Å². The molecule has 1 heterocycles. The number of hydrogen-bond acceptors (Lipinski definition) is 3. The zero-order chi connectivity index (χ0) is 10.4. The number of ether oxygens (including phenoxy) is 1. The lowest BCUT2D eigenvalue weighted by atomic mass is 10.2. The van der Waals surface area contributed by atoms with E-state index < -0.39 is 6.09 Å². The van der Waals surface area contributed by atoms with Crippen molar-refractivity contribution in [2.45, 2.75) is 20.4 Å². The van der Waals surface area contributed by atoms with Crippen molar-refractivity contribution >= 4 is 6.09 Å². The van der Waals surface area contributed by atoms with E-state index in [9.17, 15) is 4.79 Å². The second-order valence-corrected chi connectivity index (χ2v) is 2.90. The van der Waals surface area contributed by atoms with E-state index in [4.69, 9.17) is 4.74 Å². The summed E-state index contributed by atoms with van der Waals surface area (Å²) in [5.74, 6) is 0. The number of aryl methyl sites for hydroxylation is 1. The lowest BCUT2D eigenvalue weighted by Crippen LogP contribution is -2.24. The summed E-state index contributed by atoms with van der Waals surface area (Å²) in [4.78, 5) is 15.0. The van der Waals surface area contributed by atoms with Crippen LogP contribution in [0.5, 0.6) is 0 Å². The first-order valence-corrected chi connectivity index (χ1v) is 4.54. The number of aromatic nitrogens is 1. The van der Waals surface area contributed by atoms with Crippen molar-refractivity contribution < 1.29 is 9.53 Å². The van der Waals surface area contributed by atoms with Gasteiger partial charge in [-0.15, -0.1) is 0 Å². The number of hydrogen-bond donors (Lipinski definition) is 1. The van der Waals surface area contributed by atoms with Gasteiger partial charge in [0, 0.05) is 6.20 Å². The van der Waals surface area contributed by atoms with Crippen molar-refractivity contribution in [2.24, 2.45) is 0 Å². The quantitative estimate of drug-likeness (QED) is 0.795. The van der Waals surface area contributed by atoms with Crippen molar-refractivity contribution in [3.63, 3.8) is 0 Å². The molecule has 4 nitrogen and oxygen atoms in total.